The fourth-order valence-corrected chi connectivity index (χ4v) is 3.95. The van der Waals surface area contributed by atoms with Gasteiger partial charge in [-0.25, -0.2) is 8.42 Å². The summed E-state index contributed by atoms with van der Waals surface area (Å²) >= 11 is 3.33. The molecule has 0 aliphatic heterocycles. The highest BCUT2D eigenvalue weighted by atomic mass is 79.9. The van der Waals surface area contributed by atoms with Crippen molar-refractivity contribution in [1.29, 1.82) is 0 Å². The van der Waals surface area contributed by atoms with Crippen molar-refractivity contribution in [3.8, 4) is 5.75 Å². The van der Waals surface area contributed by atoms with Gasteiger partial charge in [-0.1, -0.05) is 34.1 Å². The average molecular weight is 475 g/mol. The molecule has 0 radical (unpaired) electrons. The number of amides is 1. The molecule has 0 saturated carbocycles. The Bertz CT molecular complexity index is 1100. The maximum absolute atomic E-state index is 12.5. The molecule has 0 bridgehead atoms. The molecule has 1 amide bonds. The van der Waals surface area contributed by atoms with Gasteiger partial charge in [0.2, 0.25) is 0 Å². The third-order valence-corrected chi connectivity index (χ3v) is 5.88. The van der Waals surface area contributed by atoms with Crippen LogP contribution in [0.3, 0.4) is 0 Å². The molecule has 8 heteroatoms. The number of ether oxygens (including phenoxy) is 1. The highest BCUT2D eigenvalue weighted by Crippen LogP contribution is 2.23. The Labute approximate surface area is 178 Å². The molecule has 6 nitrogen and oxygen atoms in total. The lowest BCUT2D eigenvalue weighted by Crippen LogP contribution is -2.20. The largest absolute Gasteiger partial charge is 0.483 e. The zero-order valence-corrected chi connectivity index (χ0v) is 18.0. The van der Waals surface area contributed by atoms with Crippen molar-refractivity contribution in [3.63, 3.8) is 0 Å². The van der Waals surface area contributed by atoms with Gasteiger partial charge in [0.15, 0.2) is 6.61 Å². The van der Waals surface area contributed by atoms with Crippen LogP contribution in [0.1, 0.15) is 5.56 Å². The number of nitrogens with one attached hydrogen (secondary N) is 2. The molecule has 3 aromatic rings. The van der Waals surface area contributed by atoms with Crippen molar-refractivity contribution in [2.45, 2.75) is 11.8 Å². The smallest absolute Gasteiger partial charge is 0.262 e. The van der Waals surface area contributed by atoms with Crippen LogP contribution < -0.4 is 14.8 Å². The minimum atomic E-state index is -3.72. The lowest BCUT2D eigenvalue weighted by Gasteiger charge is -2.12. The monoisotopic (exact) mass is 474 g/mol. The first kappa shape index (κ1) is 20.9. The zero-order valence-electron chi connectivity index (χ0n) is 15.6. The van der Waals surface area contributed by atoms with E-state index in [4.69, 9.17) is 4.74 Å². The molecular formula is C21H19BrN2O4S. The first-order valence-corrected chi connectivity index (χ1v) is 11.0. The van der Waals surface area contributed by atoms with E-state index >= 15 is 0 Å². The van der Waals surface area contributed by atoms with Crippen molar-refractivity contribution in [3.05, 3.63) is 82.8 Å². The Morgan fingerprint density at radius 2 is 1.66 bits per heavy atom. The molecule has 3 aromatic carbocycles. The predicted octanol–water partition coefficient (Wildman–Crippen LogP) is 4.58. The first-order chi connectivity index (χ1) is 13.8. The number of carbonyl (C=O) groups excluding carboxylic acids is 1. The standard InChI is InChI=1S/C21H19BrN2O4S/c1-15-13-19(29(26,27)24-18-5-3-2-4-6-18)11-12-20(15)28-14-21(25)23-17-9-7-16(22)8-10-17/h2-13,24H,14H2,1H3,(H,23,25). The van der Waals surface area contributed by atoms with Crippen LogP contribution in [0.2, 0.25) is 0 Å². The number of hydrogen-bond acceptors (Lipinski definition) is 4. The second-order valence-electron chi connectivity index (χ2n) is 6.24. The van der Waals surface area contributed by atoms with E-state index in [1.54, 1.807) is 55.5 Å². The first-order valence-electron chi connectivity index (χ1n) is 8.70. The number of anilines is 2. The van der Waals surface area contributed by atoms with Gasteiger partial charge in [0.1, 0.15) is 5.75 Å². The van der Waals surface area contributed by atoms with E-state index < -0.39 is 10.0 Å². The molecule has 0 aromatic heterocycles. The van der Waals surface area contributed by atoms with Crippen LogP contribution in [0.25, 0.3) is 0 Å². The Morgan fingerprint density at radius 3 is 2.31 bits per heavy atom. The van der Waals surface area contributed by atoms with Gasteiger partial charge in [-0.2, -0.15) is 0 Å². The maximum atomic E-state index is 12.5. The van der Waals surface area contributed by atoms with Crippen LogP contribution in [-0.2, 0) is 14.8 Å². The van der Waals surface area contributed by atoms with Gasteiger partial charge in [-0.15, -0.1) is 0 Å². The van der Waals surface area contributed by atoms with Crippen molar-refractivity contribution in [2.24, 2.45) is 0 Å². The summed E-state index contributed by atoms with van der Waals surface area (Å²) in [6, 6.07) is 20.3. The van der Waals surface area contributed by atoms with Crippen LogP contribution in [0.4, 0.5) is 11.4 Å². The molecule has 150 valence electrons. The number of benzene rings is 3. The molecule has 0 spiro atoms. The molecule has 2 N–H and O–H groups in total. The molecule has 3 rings (SSSR count). The van der Waals surface area contributed by atoms with E-state index in [2.05, 4.69) is 26.0 Å². The van der Waals surface area contributed by atoms with Crippen LogP contribution in [0.15, 0.2) is 82.2 Å². The highest BCUT2D eigenvalue weighted by molar-refractivity contribution is 9.10. The maximum Gasteiger partial charge on any atom is 0.262 e. The number of para-hydroxylation sites is 1. The zero-order chi connectivity index (χ0) is 20.9. The quantitative estimate of drug-likeness (QED) is 0.524. The third kappa shape index (κ3) is 5.82. The van der Waals surface area contributed by atoms with Crippen LogP contribution in [0.5, 0.6) is 5.75 Å². The van der Waals surface area contributed by atoms with Crippen LogP contribution in [-0.4, -0.2) is 20.9 Å². The third-order valence-electron chi connectivity index (χ3n) is 3.97. The van der Waals surface area contributed by atoms with Gasteiger partial charge in [-0.3, -0.25) is 9.52 Å². The van der Waals surface area contributed by atoms with E-state index in [0.717, 1.165) is 4.47 Å². The van der Waals surface area contributed by atoms with E-state index in [0.29, 0.717) is 22.7 Å². The summed E-state index contributed by atoms with van der Waals surface area (Å²) in [5, 5.41) is 2.73. The predicted molar refractivity (Wildman–Crippen MR) is 117 cm³/mol. The molecule has 0 fully saturated rings. The highest BCUT2D eigenvalue weighted by Gasteiger charge is 2.16. The van der Waals surface area contributed by atoms with Crippen molar-refractivity contribution in [2.75, 3.05) is 16.6 Å². The second kappa shape index (κ2) is 9.11. The van der Waals surface area contributed by atoms with Gasteiger partial charge in [0.05, 0.1) is 4.90 Å². The minimum Gasteiger partial charge on any atom is -0.483 e. The second-order valence-corrected chi connectivity index (χ2v) is 8.84. The molecule has 0 saturated heterocycles. The fourth-order valence-electron chi connectivity index (χ4n) is 2.54. The summed E-state index contributed by atoms with van der Waals surface area (Å²) in [5.41, 5.74) is 1.75. The van der Waals surface area contributed by atoms with Gasteiger partial charge < -0.3 is 10.1 Å². The molecule has 0 unspecified atom stereocenters. The Hall–Kier alpha value is -2.84. The van der Waals surface area contributed by atoms with E-state index in [-0.39, 0.29) is 17.4 Å². The van der Waals surface area contributed by atoms with Crippen LogP contribution >= 0.6 is 15.9 Å². The molecule has 0 aliphatic carbocycles. The van der Waals surface area contributed by atoms with E-state index in [1.807, 2.05) is 12.1 Å². The van der Waals surface area contributed by atoms with Crippen LogP contribution in [0, 0.1) is 6.92 Å². The molecule has 0 heterocycles. The molecule has 29 heavy (non-hydrogen) atoms. The summed E-state index contributed by atoms with van der Waals surface area (Å²) < 4.78 is 34.1. The summed E-state index contributed by atoms with van der Waals surface area (Å²) in [6.45, 7) is 1.54. The number of halogens is 1. The summed E-state index contributed by atoms with van der Waals surface area (Å²) in [5.74, 6) is 0.129. The summed E-state index contributed by atoms with van der Waals surface area (Å²) in [4.78, 5) is 12.2. The lowest BCUT2D eigenvalue weighted by molar-refractivity contribution is -0.118. The van der Waals surface area contributed by atoms with Crippen molar-refractivity contribution in [1.82, 2.24) is 0 Å². The summed E-state index contributed by atoms with van der Waals surface area (Å²) in [6.07, 6.45) is 0. The average Bonchev–Trinajstić information content (AvgIpc) is 2.69. The molecular weight excluding hydrogens is 456 g/mol. The lowest BCUT2D eigenvalue weighted by atomic mass is 10.2. The van der Waals surface area contributed by atoms with Gasteiger partial charge in [0, 0.05) is 15.8 Å². The van der Waals surface area contributed by atoms with Crippen molar-refractivity contribution >= 4 is 43.2 Å². The molecule has 0 aliphatic rings. The van der Waals surface area contributed by atoms with E-state index in [1.165, 1.54) is 12.1 Å². The Morgan fingerprint density at radius 1 is 0.966 bits per heavy atom. The normalized spacial score (nSPS) is 11.0. The summed E-state index contributed by atoms with van der Waals surface area (Å²) in [7, 11) is -3.72. The van der Waals surface area contributed by atoms with Crippen molar-refractivity contribution < 1.29 is 17.9 Å². The van der Waals surface area contributed by atoms with E-state index in [9.17, 15) is 13.2 Å². The van der Waals surface area contributed by atoms with Gasteiger partial charge >= 0.3 is 0 Å². The SMILES string of the molecule is Cc1cc(S(=O)(=O)Nc2ccccc2)ccc1OCC(=O)Nc1ccc(Br)cc1. The van der Waals surface area contributed by atoms with Gasteiger partial charge in [0.25, 0.3) is 15.9 Å². The molecule has 0 atom stereocenters. The Kier molecular flexibility index (Phi) is 6.56. The number of rotatable bonds is 7. The number of carbonyl (C=O) groups is 1. The minimum absolute atomic E-state index is 0.116. The topological polar surface area (TPSA) is 84.5 Å². The Balaban J connectivity index is 1.63. The number of aryl methyl sites for hydroxylation is 1. The fraction of sp³-hybridized carbons (Fsp3) is 0.0952. The number of sulfonamides is 1. The van der Waals surface area contributed by atoms with Gasteiger partial charge in [-0.05, 0) is 67.1 Å². The number of hydrogen-bond donors (Lipinski definition) is 2.